The second-order valence-electron chi connectivity index (χ2n) is 8.26. The van der Waals surface area contributed by atoms with E-state index >= 15 is 0 Å². The van der Waals surface area contributed by atoms with Crippen molar-refractivity contribution in [2.45, 2.75) is 63.5 Å². The van der Waals surface area contributed by atoms with E-state index in [0.717, 1.165) is 31.8 Å². The molecule has 3 atom stereocenters. The second-order valence-corrected chi connectivity index (χ2v) is 9.64. The number of likely N-dealkylation sites (tertiary alicyclic amines) is 1. The fourth-order valence-corrected chi connectivity index (χ4v) is 4.69. The van der Waals surface area contributed by atoms with Crippen molar-refractivity contribution in [1.82, 2.24) is 9.88 Å². The van der Waals surface area contributed by atoms with E-state index in [1.165, 1.54) is 16.2 Å². The molecule has 0 radical (unpaired) electrons. The molecule has 0 bridgehead atoms. The lowest BCUT2D eigenvalue weighted by molar-refractivity contribution is -0.193. The molecule has 4 heterocycles. The second kappa shape index (κ2) is 13.9. The van der Waals surface area contributed by atoms with Crippen LogP contribution in [-0.4, -0.2) is 75.8 Å². The van der Waals surface area contributed by atoms with Crippen molar-refractivity contribution in [3.05, 3.63) is 52.0 Å². The van der Waals surface area contributed by atoms with E-state index in [1.807, 2.05) is 35.7 Å². The van der Waals surface area contributed by atoms with Gasteiger partial charge < -0.3 is 19.7 Å². The number of thiophene rings is 1. The Morgan fingerprint density at radius 3 is 2.24 bits per heavy atom. The summed E-state index contributed by atoms with van der Waals surface area (Å²) in [6.07, 6.45) is -5.66. The number of aryl methyl sites for hydroxylation is 1. The van der Waals surface area contributed by atoms with Gasteiger partial charge in [-0.2, -0.15) is 26.3 Å². The van der Waals surface area contributed by atoms with Crippen LogP contribution in [-0.2, 0) is 32.2 Å². The number of alkyl halides is 6. The summed E-state index contributed by atoms with van der Waals surface area (Å²) >= 11 is 1.89. The van der Waals surface area contributed by atoms with Gasteiger partial charge in [0, 0.05) is 41.7 Å². The summed E-state index contributed by atoms with van der Waals surface area (Å²) in [4.78, 5) is 27.5. The van der Waals surface area contributed by atoms with Crippen LogP contribution in [0.25, 0.3) is 0 Å². The first-order chi connectivity index (χ1) is 17.7. The van der Waals surface area contributed by atoms with Crippen LogP contribution in [0.4, 0.5) is 26.3 Å². The minimum absolute atomic E-state index is 0.137. The zero-order valence-corrected chi connectivity index (χ0v) is 20.9. The van der Waals surface area contributed by atoms with E-state index in [4.69, 9.17) is 29.3 Å². The van der Waals surface area contributed by atoms with Crippen molar-refractivity contribution in [2.75, 3.05) is 13.2 Å². The molecule has 2 saturated heterocycles. The molecule has 2 fully saturated rings. The fraction of sp³-hybridized carbons (Fsp3) is 0.522. The first kappa shape index (κ1) is 31.5. The minimum atomic E-state index is -5.08. The maximum Gasteiger partial charge on any atom is 0.490 e. The number of rotatable bonds is 5. The van der Waals surface area contributed by atoms with Gasteiger partial charge >= 0.3 is 24.3 Å². The highest BCUT2D eigenvalue weighted by Crippen LogP contribution is 2.33. The van der Waals surface area contributed by atoms with Crippen LogP contribution >= 0.6 is 11.3 Å². The molecule has 15 heteroatoms. The molecular weight excluding hydrogens is 546 g/mol. The Morgan fingerprint density at radius 1 is 1.11 bits per heavy atom. The normalized spacial score (nSPS) is 21.4. The lowest BCUT2D eigenvalue weighted by Gasteiger charge is -2.32. The monoisotopic (exact) mass is 572 g/mol. The largest absolute Gasteiger partial charge is 0.490 e. The molecule has 2 aliphatic heterocycles. The predicted molar refractivity (Wildman–Crippen MR) is 122 cm³/mol. The van der Waals surface area contributed by atoms with Gasteiger partial charge in [-0.3, -0.25) is 9.88 Å². The van der Waals surface area contributed by atoms with E-state index < -0.39 is 24.3 Å². The van der Waals surface area contributed by atoms with Gasteiger partial charge in [0.25, 0.3) is 0 Å². The lowest BCUT2D eigenvalue weighted by atomic mass is 10.0. The number of aliphatic carboxylic acids is 2. The van der Waals surface area contributed by atoms with Gasteiger partial charge in [0.05, 0.1) is 18.4 Å². The third-order valence-corrected chi connectivity index (χ3v) is 6.38. The van der Waals surface area contributed by atoms with E-state index in [-0.39, 0.29) is 12.2 Å². The van der Waals surface area contributed by atoms with Crippen LogP contribution in [0.1, 0.15) is 28.3 Å². The highest BCUT2D eigenvalue weighted by Gasteiger charge is 2.44. The fourth-order valence-electron chi connectivity index (χ4n) is 3.78. The maximum absolute atomic E-state index is 10.6. The van der Waals surface area contributed by atoms with Gasteiger partial charge in [0.2, 0.25) is 0 Å². The van der Waals surface area contributed by atoms with Gasteiger partial charge in [-0.15, -0.1) is 11.3 Å². The number of hydrogen-bond acceptors (Lipinski definition) is 7. The molecule has 4 rings (SSSR count). The Hall–Kier alpha value is -2.75. The van der Waals surface area contributed by atoms with E-state index in [0.29, 0.717) is 12.6 Å². The van der Waals surface area contributed by atoms with Crippen molar-refractivity contribution in [1.29, 1.82) is 0 Å². The summed E-state index contributed by atoms with van der Waals surface area (Å²) in [5, 5.41) is 14.2. The quantitative estimate of drug-likeness (QED) is 0.498. The van der Waals surface area contributed by atoms with E-state index in [9.17, 15) is 26.3 Å². The number of pyridine rings is 1. The van der Waals surface area contributed by atoms with Crippen LogP contribution in [0.15, 0.2) is 36.5 Å². The highest BCUT2D eigenvalue weighted by molar-refractivity contribution is 7.11. The smallest absolute Gasteiger partial charge is 0.475 e. The van der Waals surface area contributed by atoms with E-state index in [2.05, 4.69) is 28.9 Å². The van der Waals surface area contributed by atoms with Crippen LogP contribution < -0.4 is 0 Å². The topological polar surface area (TPSA) is 109 Å². The summed E-state index contributed by atoms with van der Waals surface area (Å²) in [5.74, 6) is -5.51. The Morgan fingerprint density at radius 2 is 1.74 bits per heavy atom. The Balaban J connectivity index is 0.000000301. The molecule has 2 aliphatic rings. The third kappa shape index (κ3) is 10.2. The molecule has 2 N–H and O–H groups in total. The minimum Gasteiger partial charge on any atom is -0.475 e. The van der Waals surface area contributed by atoms with Crippen molar-refractivity contribution >= 4 is 23.3 Å². The number of hydrogen-bond donors (Lipinski definition) is 2. The predicted octanol–water partition coefficient (Wildman–Crippen LogP) is 4.67. The summed E-state index contributed by atoms with van der Waals surface area (Å²) in [6.45, 7) is 5.54. The summed E-state index contributed by atoms with van der Waals surface area (Å²) in [5.41, 5.74) is 0.984. The zero-order valence-electron chi connectivity index (χ0n) is 20.0. The van der Waals surface area contributed by atoms with Gasteiger partial charge in [-0.25, -0.2) is 9.59 Å². The number of carboxylic acids is 2. The van der Waals surface area contributed by atoms with Gasteiger partial charge in [0.1, 0.15) is 6.10 Å². The average Bonchev–Trinajstić information content (AvgIpc) is 3.41. The molecule has 0 saturated carbocycles. The number of halogens is 6. The maximum atomic E-state index is 10.6. The molecule has 2 aromatic rings. The van der Waals surface area contributed by atoms with E-state index in [1.54, 1.807) is 0 Å². The van der Waals surface area contributed by atoms with Gasteiger partial charge in [-0.1, -0.05) is 6.07 Å². The van der Waals surface area contributed by atoms with Crippen LogP contribution in [0.3, 0.4) is 0 Å². The molecular formula is C23H26F6N2O6S. The van der Waals surface area contributed by atoms with Gasteiger partial charge in [0.15, 0.2) is 0 Å². The number of fused-ring (bicyclic) bond motifs is 1. The number of carboxylic acid groups (broad SMARTS) is 2. The summed E-state index contributed by atoms with van der Waals surface area (Å²) in [7, 11) is 0. The number of carbonyl (C=O) groups is 2. The van der Waals surface area contributed by atoms with Crippen LogP contribution in [0.2, 0.25) is 0 Å². The van der Waals surface area contributed by atoms with Crippen molar-refractivity contribution in [3.8, 4) is 0 Å². The van der Waals surface area contributed by atoms with Crippen molar-refractivity contribution in [2.24, 2.45) is 0 Å². The lowest BCUT2D eigenvalue weighted by Crippen LogP contribution is -2.41. The highest BCUT2D eigenvalue weighted by atomic mass is 32.1. The summed E-state index contributed by atoms with van der Waals surface area (Å²) < 4.78 is 75.8. The molecule has 0 unspecified atom stereocenters. The standard InChI is InChI=1S/C19H24N2O2S.2C2HF3O2/c1-14-7-8-16(24-14)11-21-12-18(19-17(21)6-4-10-22-19)23-13-15-5-2-3-9-20-15;2*3-2(4,5)1(6)7/h2-3,5,7-9,17-19H,4,6,10-13H2,1H3;2*(H,6,7)/t17-,18+,19+;;/m0../s1. The summed E-state index contributed by atoms with van der Waals surface area (Å²) in [6, 6.07) is 10.9. The number of ether oxygens (including phenoxy) is 2. The molecule has 0 aromatic carbocycles. The van der Waals surface area contributed by atoms with Crippen molar-refractivity contribution < 1.29 is 55.6 Å². The molecule has 212 valence electrons. The zero-order chi connectivity index (χ0) is 28.5. The Kier molecular flexibility index (Phi) is 11.5. The molecule has 8 nitrogen and oxygen atoms in total. The molecule has 0 aliphatic carbocycles. The first-order valence-electron chi connectivity index (χ1n) is 11.2. The Bertz CT molecular complexity index is 1010. The number of aromatic nitrogens is 1. The van der Waals surface area contributed by atoms with Crippen LogP contribution in [0, 0.1) is 6.92 Å². The Labute approximate surface area is 217 Å². The average molecular weight is 573 g/mol. The molecule has 2 aromatic heterocycles. The van der Waals surface area contributed by atoms with Crippen molar-refractivity contribution in [3.63, 3.8) is 0 Å². The SMILES string of the molecule is Cc1ccc(CN2C[C@@H](OCc3ccccn3)[C@@H]3OCCC[C@@H]32)s1.O=C(O)C(F)(F)F.O=C(O)C(F)(F)F. The first-order valence-corrected chi connectivity index (χ1v) is 12.0. The third-order valence-electron chi connectivity index (χ3n) is 5.40. The van der Waals surface area contributed by atoms with Crippen LogP contribution in [0.5, 0.6) is 0 Å². The molecule has 38 heavy (non-hydrogen) atoms. The number of nitrogens with zero attached hydrogens (tertiary/aromatic N) is 2. The van der Waals surface area contributed by atoms with Gasteiger partial charge in [-0.05, 0) is 44.0 Å². The molecule has 0 amide bonds. The molecule has 0 spiro atoms.